The first kappa shape index (κ1) is 18.6. The molecule has 7 nitrogen and oxygen atoms in total. The van der Waals surface area contributed by atoms with Gasteiger partial charge >= 0.3 is 6.09 Å². The number of carbonyl (C=O) groups excluding carboxylic acids is 1. The smallest absolute Gasteiger partial charge is 0.410 e. The molecule has 1 aliphatic heterocycles. The Morgan fingerprint density at radius 2 is 2.14 bits per heavy atom. The molecule has 0 spiro atoms. The van der Waals surface area contributed by atoms with Crippen molar-refractivity contribution in [1.82, 2.24) is 19.9 Å². The lowest BCUT2D eigenvalue weighted by Gasteiger charge is -2.30. The minimum Gasteiger partial charge on any atom is -0.455 e. The molecule has 1 N–H and O–H groups in total. The van der Waals surface area contributed by atoms with Crippen LogP contribution in [0.2, 0.25) is 5.15 Å². The Labute approximate surface area is 167 Å². The zero-order valence-corrected chi connectivity index (χ0v) is 16.7. The maximum atomic E-state index is 12.4. The zero-order chi connectivity index (χ0) is 19.9. The first-order valence-corrected chi connectivity index (χ1v) is 9.43. The summed E-state index contributed by atoms with van der Waals surface area (Å²) in [4.78, 5) is 25.8. The Morgan fingerprint density at radius 1 is 1.32 bits per heavy atom. The van der Waals surface area contributed by atoms with Gasteiger partial charge in [-0.1, -0.05) is 11.6 Å². The number of pyridine rings is 2. The largest absolute Gasteiger partial charge is 0.455 e. The van der Waals surface area contributed by atoms with Gasteiger partial charge in [-0.15, -0.1) is 0 Å². The lowest BCUT2D eigenvalue weighted by Crippen LogP contribution is -2.40. The summed E-state index contributed by atoms with van der Waals surface area (Å²) >= 11 is 6.08. The summed E-state index contributed by atoms with van der Waals surface area (Å²) in [6.07, 6.45) is 3.83. The normalized spacial score (nSPS) is 14.1. The SMILES string of the molecule is CC(C)(C)OC(=O)N1CCc2ncc(Oc3cc(Cl)nc4[nH]ccc34)cc2C1. The Bertz CT molecular complexity index is 1040. The molecule has 4 rings (SSSR count). The molecule has 0 saturated heterocycles. The summed E-state index contributed by atoms with van der Waals surface area (Å²) < 4.78 is 11.5. The van der Waals surface area contributed by atoms with E-state index in [2.05, 4.69) is 15.0 Å². The average molecular weight is 401 g/mol. The highest BCUT2D eigenvalue weighted by molar-refractivity contribution is 6.30. The summed E-state index contributed by atoms with van der Waals surface area (Å²) in [7, 11) is 0. The van der Waals surface area contributed by atoms with Crippen LogP contribution in [0.25, 0.3) is 11.0 Å². The highest BCUT2D eigenvalue weighted by Crippen LogP contribution is 2.32. The van der Waals surface area contributed by atoms with Gasteiger partial charge < -0.3 is 19.4 Å². The molecule has 0 aliphatic carbocycles. The zero-order valence-electron chi connectivity index (χ0n) is 16.0. The van der Waals surface area contributed by atoms with Gasteiger partial charge in [0.2, 0.25) is 0 Å². The van der Waals surface area contributed by atoms with E-state index in [1.54, 1.807) is 23.4 Å². The van der Waals surface area contributed by atoms with Gasteiger partial charge in [-0.2, -0.15) is 0 Å². The molecule has 0 saturated carbocycles. The fourth-order valence-corrected chi connectivity index (χ4v) is 3.31. The third kappa shape index (κ3) is 3.89. The number of hydrogen-bond donors (Lipinski definition) is 1. The Morgan fingerprint density at radius 3 is 2.93 bits per heavy atom. The summed E-state index contributed by atoms with van der Waals surface area (Å²) in [6, 6.07) is 5.46. The molecule has 0 atom stereocenters. The third-order valence-corrected chi connectivity index (χ3v) is 4.55. The minimum atomic E-state index is -0.525. The second-order valence-corrected chi connectivity index (χ2v) is 8.10. The molecule has 3 aromatic heterocycles. The van der Waals surface area contributed by atoms with Crippen LogP contribution in [0, 0.1) is 0 Å². The second kappa shape index (κ2) is 6.98. The Balaban J connectivity index is 1.56. The van der Waals surface area contributed by atoms with Gasteiger partial charge in [0.25, 0.3) is 0 Å². The molecule has 1 amide bonds. The summed E-state index contributed by atoms with van der Waals surface area (Å²) in [5.41, 5.74) is 2.04. The number of H-pyrrole nitrogens is 1. The predicted octanol–water partition coefficient (Wildman–Crippen LogP) is 4.70. The number of fused-ring (bicyclic) bond motifs is 2. The minimum absolute atomic E-state index is 0.320. The fraction of sp³-hybridized carbons (Fsp3) is 0.350. The van der Waals surface area contributed by atoms with Crippen LogP contribution in [0.5, 0.6) is 11.5 Å². The molecule has 0 aromatic carbocycles. The van der Waals surface area contributed by atoms with E-state index >= 15 is 0 Å². The van der Waals surface area contributed by atoms with E-state index in [1.165, 1.54) is 0 Å². The van der Waals surface area contributed by atoms with Crippen molar-refractivity contribution < 1.29 is 14.3 Å². The van der Waals surface area contributed by atoms with Crippen LogP contribution in [0.15, 0.2) is 30.6 Å². The molecule has 4 heterocycles. The second-order valence-electron chi connectivity index (χ2n) is 7.71. The quantitative estimate of drug-likeness (QED) is 0.631. The van der Waals surface area contributed by atoms with Crippen molar-refractivity contribution in [2.75, 3.05) is 6.54 Å². The van der Waals surface area contributed by atoms with E-state index in [-0.39, 0.29) is 6.09 Å². The number of nitrogens with zero attached hydrogens (tertiary/aromatic N) is 3. The molecule has 0 fully saturated rings. The number of hydrogen-bond acceptors (Lipinski definition) is 5. The van der Waals surface area contributed by atoms with Crippen LogP contribution in [-0.2, 0) is 17.7 Å². The number of amides is 1. The molecule has 8 heteroatoms. The maximum absolute atomic E-state index is 12.4. The fourth-order valence-electron chi connectivity index (χ4n) is 3.13. The van der Waals surface area contributed by atoms with Gasteiger partial charge in [-0.05, 0) is 38.5 Å². The van der Waals surface area contributed by atoms with Gasteiger partial charge in [-0.25, -0.2) is 9.78 Å². The van der Waals surface area contributed by atoms with E-state index in [0.717, 1.165) is 16.6 Å². The third-order valence-electron chi connectivity index (χ3n) is 4.35. The Kier molecular flexibility index (Phi) is 4.63. The molecule has 3 aromatic rings. The molecule has 1 aliphatic rings. The van der Waals surface area contributed by atoms with Crippen LogP contribution < -0.4 is 4.74 Å². The summed E-state index contributed by atoms with van der Waals surface area (Å²) in [5, 5.41) is 1.17. The number of aromatic nitrogens is 3. The first-order chi connectivity index (χ1) is 13.3. The number of aromatic amines is 1. The van der Waals surface area contributed by atoms with Gasteiger partial charge in [0.1, 0.15) is 27.9 Å². The average Bonchev–Trinajstić information content (AvgIpc) is 3.08. The summed E-state index contributed by atoms with van der Waals surface area (Å²) in [6.45, 7) is 6.60. The van der Waals surface area contributed by atoms with E-state index in [9.17, 15) is 4.79 Å². The van der Waals surface area contributed by atoms with Gasteiger partial charge in [0.05, 0.1) is 18.1 Å². The molecule has 0 radical (unpaired) electrons. The predicted molar refractivity (Wildman–Crippen MR) is 106 cm³/mol. The van der Waals surface area contributed by atoms with Crippen molar-refractivity contribution in [2.24, 2.45) is 0 Å². The Hall–Kier alpha value is -2.80. The van der Waals surface area contributed by atoms with Crippen molar-refractivity contribution in [3.05, 3.63) is 47.0 Å². The highest BCUT2D eigenvalue weighted by atomic mass is 35.5. The highest BCUT2D eigenvalue weighted by Gasteiger charge is 2.26. The van der Waals surface area contributed by atoms with Crippen LogP contribution in [0.4, 0.5) is 4.79 Å². The van der Waals surface area contributed by atoms with Crippen LogP contribution in [-0.4, -0.2) is 38.1 Å². The molecular weight excluding hydrogens is 380 g/mol. The summed E-state index contributed by atoms with van der Waals surface area (Å²) in [5.74, 6) is 1.17. The number of ether oxygens (including phenoxy) is 2. The van der Waals surface area contributed by atoms with Crippen molar-refractivity contribution in [3.8, 4) is 11.5 Å². The van der Waals surface area contributed by atoms with E-state index < -0.39 is 5.60 Å². The van der Waals surface area contributed by atoms with Crippen molar-refractivity contribution >= 4 is 28.7 Å². The standard InChI is InChI=1S/C20H21ClN4O3/c1-20(2,3)28-19(26)25-7-5-15-12(11-25)8-13(10-23-15)27-16-9-17(21)24-18-14(16)4-6-22-18/h4,6,8-10H,5,7,11H2,1-3H3,(H,22,24). The van der Waals surface area contributed by atoms with Gasteiger partial charge in [-0.3, -0.25) is 4.98 Å². The first-order valence-electron chi connectivity index (χ1n) is 9.06. The monoisotopic (exact) mass is 400 g/mol. The van der Waals surface area contributed by atoms with Gasteiger partial charge in [0.15, 0.2) is 0 Å². The van der Waals surface area contributed by atoms with E-state index in [4.69, 9.17) is 21.1 Å². The number of nitrogens with one attached hydrogen (secondary N) is 1. The van der Waals surface area contributed by atoms with Crippen molar-refractivity contribution in [2.45, 2.75) is 39.3 Å². The van der Waals surface area contributed by atoms with Crippen LogP contribution in [0.1, 0.15) is 32.0 Å². The van der Waals surface area contributed by atoms with Gasteiger partial charge in [0, 0.05) is 30.9 Å². The molecule has 28 heavy (non-hydrogen) atoms. The molecule has 0 bridgehead atoms. The number of carbonyl (C=O) groups is 1. The number of rotatable bonds is 2. The molecular formula is C20H21ClN4O3. The van der Waals surface area contributed by atoms with Crippen molar-refractivity contribution in [3.63, 3.8) is 0 Å². The lowest BCUT2D eigenvalue weighted by molar-refractivity contribution is 0.0222. The van der Waals surface area contributed by atoms with Crippen LogP contribution in [0.3, 0.4) is 0 Å². The molecule has 146 valence electrons. The van der Waals surface area contributed by atoms with Crippen molar-refractivity contribution in [1.29, 1.82) is 0 Å². The molecule has 0 unspecified atom stereocenters. The topological polar surface area (TPSA) is 80.3 Å². The van der Waals surface area contributed by atoms with Crippen LogP contribution >= 0.6 is 11.6 Å². The lowest BCUT2D eigenvalue weighted by atomic mass is 10.1. The maximum Gasteiger partial charge on any atom is 0.410 e. The number of halogens is 1. The van der Waals surface area contributed by atoms with E-state index in [0.29, 0.717) is 41.8 Å². The van der Waals surface area contributed by atoms with E-state index in [1.807, 2.05) is 32.9 Å².